The Balaban J connectivity index is 1.49. The predicted molar refractivity (Wildman–Crippen MR) is 115 cm³/mol. The van der Waals surface area contributed by atoms with Crippen LogP contribution in [-0.4, -0.2) is 51.9 Å². The van der Waals surface area contributed by atoms with Gasteiger partial charge in [-0.1, -0.05) is 6.42 Å². The molecule has 0 aliphatic carbocycles. The molecule has 0 atom stereocenters. The van der Waals surface area contributed by atoms with Crippen molar-refractivity contribution in [2.45, 2.75) is 30.6 Å². The van der Waals surface area contributed by atoms with E-state index in [1.54, 1.807) is 51.5 Å². The third-order valence-electron chi connectivity index (χ3n) is 5.84. The SMILES string of the molecule is CN(CC(=O)N1CCc2cc(S(=O)(=O)N3CCCCC3)ccc21)c1ccc(F)cc1. The average Bonchev–Trinajstić information content (AvgIpc) is 3.18. The minimum atomic E-state index is -3.49. The largest absolute Gasteiger partial charge is 0.365 e. The number of amides is 1. The molecule has 2 heterocycles. The van der Waals surface area contributed by atoms with Crippen LogP contribution in [0.4, 0.5) is 15.8 Å². The minimum Gasteiger partial charge on any atom is -0.365 e. The maximum atomic E-state index is 13.1. The Morgan fingerprint density at radius 1 is 1.03 bits per heavy atom. The van der Waals surface area contributed by atoms with E-state index in [1.807, 2.05) is 0 Å². The van der Waals surface area contributed by atoms with Crippen molar-refractivity contribution in [1.82, 2.24) is 4.31 Å². The maximum Gasteiger partial charge on any atom is 0.246 e. The number of fused-ring (bicyclic) bond motifs is 1. The lowest BCUT2D eigenvalue weighted by Gasteiger charge is -2.26. The normalized spacial score (nSPS) is 17.1. The number of hydrogen-bond donors (Lipinski definition) is 0. The number of rotatable bonds is 5. The molecule has 0 radical (unpaired) electrons. The zero-order valence-electron chi connectivity index (χ0n) is 17.1. The number of halogens is 1. The number of benzene rings is 2. The van der Waals surface area contributed by atoms with E-state index in [2.05, 4.69) is 0 Å². The van der Waals surface area contributed by atoms with E-state index in [-0.39, 0.29) is 18.3 Å². The van der Waals surface area contributed by atoms with Gasteiger partial charge in [0.1, 0.15) is 5.82 Å². The van der Waals surface area contributed by atoms with E-state index in [9.17, 15) is 17.6 Å². The van der Waals surface area contributed by atoms with E-state index in [0.29, 0.717) is 31.0 Å². The second-order valence-corrected chi connectivity index (χ2v) is 9.82. The lowest BCUT2D eigenvalue weighted by Crippen LogP contribution is -2.38. The Hall–Kier alpha value is -2.45. The summed E-state index contributed by atoms with van der Waals surface area (Å²) in [6, 6.07) is 11.1. The van der Waals surface area contributed by atoms with Crippen molar-refractivity contribution in [3.05, 3.63) is 53.8 Å². The van der Waals surface area contributed by atoms with Gasteiger partial charge in [-0.25, -0.2) is 12.8 Å². The standard InChI is InChI=1S/C22H26FN3O3S/c1-24(19-7-5-18(23)6-8-19)16-22(27)26-14-11-17-15-20(9-10-21(17)26)30(28,29)25-12-3-2-4-13-25/h5-10,15H,2-4,11-14,16H2,1H3. The summed E-state index contributed by atoms with van der Waals surface area (Å²) in [5.74, 6) is -0.394. The van der Waals surface area contributed by atoms with Crippen molar-refractivity contribution in [3.8, 4) is 0 Å². The van der Waals surface area contributed by atoms with Gasteiger partial charge in [-0.3, -0.25) is 4.79 Å². The van der Waals surface area contributed by atoms with Crippen molar-refractivity contribution in [2.75, 3.05) is 43.0 Å². The smallest absolute Gasteiger partial charge is 0.246 e. The van der Waals surface area contributed by atoms with Crippen LogP contribution in [0.1, 0.15) is 24.8 Å². The number of piperidine rings is 1. The molecule has 0 bridgehead atoms. The molecule has 4 rings (SSSR count). The molecule has 2 aliphatic heterocycles. The van der Waals surface area contributed by atoms with Crippen molar-refractivity contribution in [1.29, 1.82) is 0 Å². The lowest BCUT2D eigenvalue weighted by atomic mass is 10.2. The van der Waals surface area contributed by atoms with Gasteiger partial charge < -0.3 is 9.80 Å². The number of anilines is 2. The molecule has 8 heteroatoms. The van der Waals surface area contributed by atoms with Gasteiger partial charge in [0.05, 0.1) is 11.4 Å². The first-order valence-electron chi connectivity index (χ1n) is 10.3. The van der Waals surface area contributed by atoms with Crippen LogP contribution in [0.5, 0.6) is 0 Å². The molecule has 0 N–H and O–H groups in total. The molecule has 0 unspecified atom stereocenters. The highest BCUT2D eigenvalue weighted by molar-refractivity contribution is 7.89. The van der Waals surface area contributed by atoms with E-state index >= 15 is 0 Å². The summed E-state index contributed by atoms with van der Waals surface area (Å²) in [6.45, 7) is 1.82. The Morgan fingerprint density at radius 3 is 2.43 bits per heavy atom. The lowest BCUT2D eigenvalue weighted by molar-refractivity contribution is -0.117. The molecule has 1 amide bonds. The number of nitrogens with zero attached hydrogens (tertiary/aromatic N) is 3. The molecule has 2 aliphatic rings. The molecule has 6 nitrogen and oxygen atoms in total. The monoisotopic (exact) mass is 431 g/mol. The van der Waals surface area contributed by atoms with Gasteiger partial charge in [0.15, 0.2) is 0 Å². The van der Waals surface area contributed by atoms with E-state index in [1.165, 1.54) is 12.1 Å². The van der Waals surface area contributed by atoms with Crippen LogP contribution in [-0.2, 0) is 21.2 Å². The topological polar surface area (TPSA) is 60.9 Å². The molecule has 1 fully saturated rings. The molecule has 2 aromatic carbocycles. The summed E-state index contributed by atoms with van der Waals surface area (Å²) in [6.07, 6.45) is 3.49. The Kier molecular flexibility index (Phi) is 5.79. The van der Waals surface area contributed by atoms with Gasteiger partial charge in [0.25, 0.3) is 0 Å². The minimum absolute atomic E-state index is 0.0767. The average molecular weight is 432 g/mol. The second-order valence-electron chi connectivity index (χ2n) is 7.88. The molecule has 30 heavy (non-hydrogen) atoms. The van der Waals surface area contributed by atoms with Crippen LogP contribution < -0.4 is 9.80 Å². The highest BCUT2D eigenvalue weighted by atomic mass is 32.2. The summed E-state index contributed by atoms with van der Waals surface area (Å²) in [7, 11) is -1.70. The number of likely N-dealkylation sites (N-methyl/N-ethyl adjacent to an activating group) is 1. The summed E-state index contributed by atoms with van der Waals surface area (Å²) in [5.41, 5.74) is 2.41. The molecule has 0 spiro atoms. The first-order valence-corrected chi connectivity index (χ1v) is 11.7. The summed E-state index contributed by atoms with van der Waals surface area (Å²) in [4.78, 5) is 16.7. The van der Waals surface area contributed by atoms with Crippen LogP contribution >= 0.6 is 0 Å². The summed E-state index contributed by atoms with van der Waals surface area (Å²) < 4.78 is 40.6. The van der Waals surface area contributed by atoms with Crippen LogP contribution in [0.3, 0.4) is 0 Å². The maximum absolute atomic E-state index is 13.1. The van der Waals surface area contributed by atoms with E-state index < -0.39 is 10.0 Å². The first-order chi connectivity index (χ1) is 14.4. The van der Waals surface area contributed by atoms with Crippen LogP contribution in [0.2, 0.25) is 0 Å². The van der Waals surface area contributed by atoms with E-state index in [0.717, 1.165) is 36.2 Å². The second kappa shape index (κ2) is 8.35. The van der Waals surface area contributed by atoms with Gasteiger partial charge >= 0.3 is 0 Å². The van der Waals surface area contributed by atoms with Gasteiger partial charge in [-0.15, -0.1) is 0 Å². The van der Waals surface area contributed by atoms with Gasteiger partial charge in [0.2, 0.25) is 15.9 Å². The fourth-order valence-electron chi connectivity index (χ4n) is 4.13. The third-order valence-corrected chi connectivity index (χ3v) is 7.73. The van der Waals surface area contributed by atoms with Gasteiger partial charge in [0, 0.05) is 38.1 Å². The molecule has 160 valence electrons. The summed E-state index contributed by atoms with van der Waals surface area (Å²) >= 11 is 0. The molecule has 1 saturated heterocycles. The molecular formula is C22H26FN3O3S. The number of hydrogen-bond acceptors (Lipinski definition) is 4. The van der Waals surface area contributed by atoms with Crippen molar-refractivity contribution in [2.24, 2.45) is 0 Å². The van der Waals surface area contributed by atoms with E-state index in [4.69, 9.17) is 0 Å². The Bertz CT molecular complexity index is 1030. The van der Waals surface area contributed by atoms with Crippen molar-refractivity contribution >= 4 is 27.3 Å². The molecule has 0 saturated carbocycles. The van der Waals surface area contributed by atoms with Crippen LogP contribution in [0.15, 0.2) is 47.4 Å². The zero-order valence-corrected chi connectivity index (χ0v) is 17.9. The van der Waals surface area contributed by atoms with Crippen molar-refractivity contribution < 1.29 is 17.6 Å². The Morgan fingerprint density at radius 2 is 1.73 bits per heavy atom. The summed E-state index contributed by atoms with van der Waals surface area (Å²) in [5, 5.41) is 0. The van der Waals surface area contributed by atoms with Gasteiger partial charge in [-0.2, -0.15) is 4.31 Å². The zero-order chi connectivity index (χ0) is 21.3. The Labute approximate surface area is 176 Å². The number of sulfonamides is 1. The van der Waals surface area contributed by atoms with Crippen molar-refractivity contribution in [3.63, 3.8) is 0 Å². The number of carbonyl (C=O) groups excluding carboxylic acids is 1. The first kappa shape index (κ1) is 20.8. The molecule has 2 aromatic rings. The van der Waals surface area contributed by atoms with Crippen LogP contribution in [0.25, 0.3) is 0 Å². The highest BCUT2D eigenvalue weighted by Crippen LogP contribution is 2.32. The molecule has 0 aromatic heterocycles. The highest BCUT2D eigenvalue weighted by Gasteiger charge is 2.30. The molecular weight excluding hydrogens is 405 g/mol. The van der Waals surface area contributed by atoms with Crippen LogP contribution in [0, 0.1) is 5.82 Å². The fourth-order valence-corrected chi connectivity index (χ4v) is 5.70. The quantitative estimate of drug-likeness (QED) is 0.730. The third kappa shape index (κ3) is 4.06. The predicted octanol–water partition coefficient (Wildman–Crippen LogP) is 3.03. The van der Waals surface area contributed by atoms with Gasteiger partial charge in [-0.05, 0) is 67.3 Å². The number of carbonyl (C=O) groups is 1. The fraction of sp³-hybridized carbons (Fsp3) is 0.409.